The molecule has 0 bridgehead atoms. The fourth-order valence-electron chi connectivity index (χ4n) is 2.52. The number of hydrogen-bond acceptors (Lipinski definition) is 4. The van der Waals surface area contributed by atoms with Crippen molar-refractivity contribution in [3.05, 3.63) is 17.9 Å². The van der Waals surface area contributed by atoms with Gasteiger partial charge in [-0.2, -0.15) is 0 Å². The van der Waals surface area contributed by atoms with E-state index in [1.165, 1.54) is 7.11 Å². The number of hydrogen-bond donors (Lipinski definition) is 0. The number of nitrogens with zero attached hydrogens (tertiary/aromatic N) is 2. The molecule has 0 aromatic carbocycles. The maximum Gasteiger partial charge on any atom is 0.290 e. The molecule has 1 atom stereocenters. The lowest BCUT2D eigenvalue weighted by Crippen LogP contribution is -2.57. The van der Waals surface area contributed by atoms with Crippen molar-refractivity contribution in [2.24, 2.45) is 0 Å². The van der Waals surface area contributed by atoms with Crippen LogP contribution < -0.4 is 4.74 Å². The van der Waals surface area contributed by atoms with Crippen LogP contribution in [0.15, 0.2) is 16.5 Å². The van der Waals surface area contributed by atoms with Crippen LogP contribution in [0, 0.1) is 0 Å². The molecule has 1 aliphatic rings. The van der Waals surface area contributed by atoms with Gasteiger partial charge in [-0.15, -0.1) is 0 Å². The average Bonchev–Trinajstić information content (AvgIpc) is 2.97. The average molecular weight is 294 g/mol. The zero-order valence-electron chi connectivity index (χ0n) is 12.8. The minimum atomic E-state index is -0.396. The van der Waals surface area contributed by atoms with Crippen LogP contribution in [0.4, 0.5) is 0 Å². The molecule has 0 radical (unpaired) electrons. The molecule has 2 heterocycles. The summed E-state index contributed by atoms with van der Waals surface area (Å²) < 4.78 is 10.3. The smallest absolute Gasteiger partial charge is 0.290 e. The third kappa shape index (κ3) is 3.20. The van der Waals surface area contributed by atoms with E-state index < -0.39 is 6.04 Å². The lowest BCUT2D eigenvalue weighted by atomic mass is 10.0. The van der Waals surface area contributed by atoms with E-state index in [1.54, 1.807) is 29.0 Å². The number of amides is 2. The third-order valence-corrected chi connectivity index (χ3v) is 3.80. The van der Waals surface area contributed by atoms with E-state index in [9.17, 15) is 9.59 Å². The quantitative estimate of drug-likeness (QED) is 0.830. The van der Waals surface area contributed by atoms with Gasteiger partial charge in [0.25, 0.3) is 11.9 Å². The molecule has 1 saturated heterocycles. The molecule has 1 aliphatic heterocycles. The van der Waals surface area contributed by atoms with Crippen molar-refractivity contribution in [1.82, 2.24) is 9.80 Å². The fraction of sp³-hybridized carbons (Fsp3) is 0.600. The number of ether oxygens (including phenoxy) is 1. The first-order valence-electron chi connectivity index (χ1n) is 7.28. The summed E-state index contributed by atoms with van der Waals surface area (Å²) in [6.07, 6.45) is 2.59. The summed E-state index contributed by atoms with van der Waals surface area (Å²) in [4.78, 5) is 28.2. The van der Waals surface area contributed by atoms with Crippen molar-refractivity contribution in [2.75, 3.05) is 27.2 Å². The van der Waals surface area contributed by atoms with Gasteiger partial charge in [-0.05, 0) is 12.5 Å². The van der Waals surface area contributed by atoms with E-state index in [0.717, 1.165) is 12.8 Å². The van der Waals surface area contributed by atoms with E-state index in [1.807, 2.05) is 0 Å². The van der Waals surface area contributed by atoms with E-state index in [0.29, 0.717) is 25.5 Å². The summed E-state index contributed by atoms with van der Waals surface area (Å²) in [6.45, 7) is 3.14. The monoisotopic (exact) mass is 294 g/mol. The highest BCUT2D eigenvalue weighted by molar-refractivity contribution is 5.96. The summed E-state index contributed by atoms with van der Waals surface area (Å²) >= 11 is 0. The number of furan rings is 1. The molecule has 6 nitrogen and oxygen atoms in total. The van der Waals surface area contributed by atoms with Crippen LogP contribution in [0.1, 0.15) is 36.7 Å². The van der Waals surface area contributed by atoms with Crippen molar-refractivity contribution >= 4 is 11.8 Å². The zero-order chi connectivity index (χ0) is 15.4. The minimum absolute atomic E-state index is 0.00145. The van der Waals surface area contributed by atoms with E-state index in [-0.39, 0.29) is 17.6 Å². The van der Waals surface area contributed by atoms with E-state index >= 15 is 0 Å². The van der Waals surface area contributed by atoms with Crippen LogP contribution >= 0.6 is 0 Å². The van der Waals surface area contributed by atoms with Crippen LogP contribution in [0.5, 0.6) is 5.95 Å². The Kier molecular flexibility index (Phi) is 4.88. The van der Waals surface area contributed by atoms with Crippen LogP contribution in [0.3, 0.4) is 0 Å². The lowest BCUT2D eigenvalue weighted by Gasteiger charge is -2.38. The van der Waals surface area contributed by atoms with Crippen LogP contribution in [0.2, 0.25) is 0 Å². The van der Waals surface area contributed by atoms with Crippen molar-refractivity contribution in [3.8, 4) is 5.95 Å². The van der Waals surface area contributed by atoms with Gasteiger partial charge in [0.15, 0.2) is 5.76 Å². The molecular weight excluding hydrogens is 272 g/mol. The van der Waals surface area contributed by atoms with Gasteiger partial charge in [-0.25, -0.2) is 0 Å². The minimum Gasteiger partial charge on any atom is -0.468 e. The maximum atomic E-state index is 12.6. The number of carbonyl (C=O) groups excluding carboxylic acids is 2. The zero-order valence-corrected chi connectivity index (χ0v) is 12.8. The summed E-state index contributed by atoms with van der Waals surface area (Å²) in [5, 5.41) is 0. The first-order valence-corrected chi connectivity index (χ1v) is 7.28. The number of rotatable bonds is 5. The topological polar surface area (TPSA) is 63.0 Å². The molecule has 116 valence electrons. The Balaban J connectivity index is 2.17. The molecule has 6 heteroatoms. The summed E-state index contributed by atoms with van der Waals surface area (Å²) in [7, 11) is 3.26. The number of likely N-dealkylation sites (N-methyl/N-ethyl adjacent to an activating group) is 1. The highest BCUT2D eigenvalue weighted by Crippen LogP contribution is 2.22. The Morgan fingerprint density at radius 2 is 2.19 bits per heavy atom. The van der Waals surface area contributed by atoms with Gasteiger partial charge in [0.2, 0.25) is 5.91 Å². The van der Waals surface area contributed by atoms with Gasteiger partial charge < -0.3 is 19.0 Å². The molecule has 1 aromatic rings. The first kappa shape index (κ1) is 15.4. The fourth-order valence-corrected chi connectivity index (χ4v) is 2.52. The lowest BCUT2D eigenvalue weighted by molar-refractivity contribution is -0.138. The Labute approximate surface area is 124 Å². The first-order chi connectivity index (χ1) is 10.1. The predicted octanol–water partition coefficient (Wildman–Crippen LogP) is 1.76. The molecule has 2 rings (SSSR count). The second kappa shape index (κ2) is 6.65. The van der Waals surface area contributed by atoms with Gasteiger partial charge >= 0.3 is 0 Å². The van der Waals surface area contributed by atoms with Gasteiger partial charge in [0.1, 0.15) is 6.04 Å². The van der Waals surface area contributed by atoms with E-state index in [2.05, 4.69) is 6.92 Å². The van der Waals surface area contributed by atoms with Crippen LogP contribution in [-0.4, -0.2) is 54.9 Å². The van der Waals surface area contributed by atoms with Gasteiger partial charge in [-0.3, -0.25) is 9.59 Å². The predicted molar refractivity (Wildman–Crippen MR) is 77.2 cm³/mol. The van der Waals surface area contributed by atoms with Crippen molar-refractivity contribution in [2.45, 2.75) is 32.2 Å². The molecule has 0 spiro atoms. The third-order valence-electron chi connectivity index (χ3n) is 3.80. The molecule has 0 N–H and O–H groups in total. The Hall–Kier alpha value is -1.98. The second-order valence-electron chi connectivity index (χ2n) is 5.24. The molecule has 1 aromatic heterocycles. The van der Waals surface area contributed by atoms with E-state index in [4.69, 9.17) is 9.15 Å². The second-order valence-corrected chi connectivity index (χ2v) is 5.24. The van der Waals surface area contributed by atoms with Crippen molar-refractivity contribution in [3.63, 3.8) is 0 Å². The molecule has 1 fully saturated rings. The van der Waals surface area contributed by atoms with Crippen molar-refractivity contribution in [1.29, 1.82) is 0 Å². The highest BCUT2D eigenvalue weighted by Gasteiger charge is 2.36. The number of piperazine rings is 1. The van der Waals surface area contributed by atoms with Crippen LogP contribution in [-0.2, 0) is 4.79 Å². The van der Waals surface area contributed by atoms with Gasteiger partial charge in [0, 0.05) is 26.2 Å². The Morgan fingerprint density at radius 3 is 2.81 bits per heavy atom. The van der Waals surface area contributed by atoms with Gasteiger partial charge in [0.05, 0.1) is 7.11 Å². The van der Waals surface area contributed by atoms with Crippen molar-refractivity contribution < 1.29 is 18.7 Å². The highest BCUT2D eigenvalue weighted by atomic mass is 16.6. The number of unbranched alkanes of at least 4 members (excludes halogenated alkanes) is 1. The summed E-state index contributed by atoms with van der Waals surface area (Å²) in [5.41, 5.74) is 0. The molecule has 0 saturated carbocycles. The molecular formula is C15H22N2O4. The van der Waals surface area contributed by atoms with Gasteiger partial charge in [-0.1, -0.05) is 19.8 Å². The summed E-state index contributed by atoms with van der Waals surface area (Å²) in [5.74, 6) is 0.261. The molecule has 0 aliphatic carbocycles. The molecule has 2 amide bonds. The molecule has 21 heavy (non-hydrogen) atoms. The largest absolute Gasteiger partial charge is 0.468 e. The standard InChI is InChI=1S/C15H22N2O4/c1-4-5-6-11-14(18)16(2)9-10-17(11)15(19)12-7-8-13(20-3)21-12/h7-8,11H,4-6,9-10H2,1-3H3/t11-/m1/s1. The maximum absolute atomic E-state index is 12.6. The molecule has 0 unspecified atom stereocenters. The number of carbonyl (C=O) groups is 2. The summed E-state index contributed by atoms with van der Waals surface area (Å²) in [6, 6.07) is 2.79. The SMILES string of the molecule is CCCC[C@@H]1C(=O)N(C)CCN1C(=O)c1ccc(OC)o1. The van der Waals surface area contributed by atoms with Crippen LogP contribution in [0.25, 0.3) is 0 Å². The number of methoxy groups -OCH3 is 1. The normalized spacial score (nSPS) is 19.0. The Morgan fingerprint density at radius 1 is 1.43 bits per heavy atom. The Bertz CT molecular complexity index is 512.